The monoisotopic (exact) mass is 671 g/mol. The van der Waals surface area contributed by atoms with Crippen molar-refractivity contribution < 1.29 is 0 Å². The first-order valence-corrected chi connectivity index (χ1v) is 20.4. The SMILES string of the molecule is CCCCCCC(c1ccc(N)cc1)c1ccc(C2(c3ccc(C(CCCCCC)c4ccc(N)cc4)cc3)CCC(CCCC)CC2)cc1. The van der Waals surface area contributed by atoms with E-state index < -0.39 is 0 Å². The Morgan fingerprint density at radius 2 is 0.840 bits per heavy atom. The molecule has 0 radical (unpaired) electrons. The van der Waals surface area contributed by atoms with Crippen LogP contribution in [0.15, 0.2) is 97.1 Å². The minimum absolute atomic E-state index is 0.0649. The van der Waals surface area contributed by atoms with Crippen molar-refractivity contribution in [3.8, 4) is 0 Å². The second kappa shape index (κ2) is 19.2. The minimum Gasteiger partial charge on any atom is -0.399 e. The third-order valence-corrected chi connectivity index (χ3v) is 12.0. The highest BCUT2D eigenvalue weighted by molar-refractivity contribution is 5.47. The van der Waals surface area contributed by atoms with E-state index in [1.807, 2.05) is 0 Å². The molecule has 0 heterocycles. The molecule has 4 N–H and O–H groups in total. The third kappa shape index (κ3) is 9.83. The molecule has 0 amide bonds. The van der Waals surface area contributed by atoms with Gasteiger partial charge in [-0.25, -0.2) is 0 Å². The van der Waals surface area contributed by atoms with Crippen molar-refractivity contribution in [1.82, 2.24) is 0 Å². The van der Waals surface area contributed by atoms with Gasteiger partial charge in [0.05, 0.1) is 0 Å². The Morgan fingerprint density at radius 3 is 1.20 bits per heavy atom. The van der Waals surface area contributed by atoms with Crippen molar-refractivity contribution in [2.75, 3.05) is 11.5 Å². The van der Waals surface area contributed by atoms with Crippen LogP contribution in [0.3, 0.4) is 0 Å². The van der Waals surface area contributed by atoms with Crippen LogP contribution >= 0.6 is 0 Å². The molecule has 50 heavy (non-hydrogen) atoms. The molecule has 1 aliphatic carbocycles. The number of unbranched alkanes of at least 4 members (excludes halogenated alkanes) is 7. The van der Waals surface area contributed by atoms with E-state index >= 15 is 0 Å². The quantitative estimate of drug-likeness (QED) is 0.0770. The average molecular weight is 671 g/mol. The van der Waals surface area contributed by atoms with Crippen LogP contribution in [-0.2, 0) is 5.41 Å². The Balaban J connectivity index is 1.45. The molecule has 0 aliphatic heterocycles. The summed E-state index contributed by atoms with van der Waals surface area (Å²) in [5.41, 5.74) is 22.6. The molecular weight excluding hydrogens is 605 g/mol. The smallest absolute Gasteiger partial charge is 0.0314 e. The normalized spacial score (nSPS) is 18.9. The predicted octanol–water partition coefficient (Wildman–Crippen LogP) is 13.7. The first-order chi connectivity index (χ1) is 24.5. The van der Waals surface area contributed by atoms with Gasteiger partial charge in [0.15, 0.2) is 0 Å². The zero-order valence-corrected chi connectivity index (χ0v) is 31.6. The van der Waals surface area contributed by atoms with E-state index in [2.05, 4.69) is 118 Å². The zero-order chi connectivity index (χ0) is 35.2. The highest BCUT2D eigenvalue weighted by Crippen LogP contribution is 2.48. The first-order valence-electron chi connectivity index (χ1n) is 20.4. The first kappa shape index (κ1) is 37.7. The van der Waals surface area contributed by atoms with E-state index in [4.69, 9.17) is 11.5 Å². The van der Waals surface area contributed by atoms with Gasteiger partial charge < -0.3 is 11.5 Å². The summed E-state index contributed by atoms with van der Waals surface area (Å²) in [7, 11) is 0. The van der Waals surface area contributed by atoms with E-state index in [0.717, 1.165) is 17.3 Å². The van der Waals surface area contributed by atoms with Gasteiger partial charge in [0.2, 0.25) is 0 Å². The lowest BCUT2D eigenvalue weighted by molar-refractivity contribution is 0.251. The van der Waals surface area contributed by atoms with E-state index in [0.29, 0.717) is 11.8 Å². The van der Waals surface area contributed by atoms with Gasteiger partial charge in [0, 0.05) is 28.6 Å². The number of hydrogen-bond donors (Lipinski definition) is 2. The average Bonchev–Trinajstić information content (AvgIpc) is 3.16. The van der Waals surface area contributed by atoms with Gasteiger partial charge in [0.25, 0.3) is 0 Å². The molecular formula is C48H66N2. The molecule has 2 atom stereocenters. The molecule has 1 fully saturated rings. The van der Waals surface area contributed by atoms with Crippen LogP contribution in [0.25, 0.3) is 0 Å². The van der Waals surface area contributed by atoms with Gasteiger partial charge in [-0.2, -0.15) is 0 Å². The molecule has 5 rings (SSSR count). The molecule has 268 valence electrons. The molecule has 2 unspecified atom stereocenters. The van der Waals surface area contributed by atoms with E-state index in [1.165, 1.54) is 143 Å². The Bertz CT molecular complexity index is 1400. The lowest BCUT2D eigenvalue weighted by Crippen LogP contribution is -2.33. The molecule has 0 bridgehead atoms. The number of benzene rings is 4. The van der Waals surface area contributed by atoms with Gasteiger partial charge in [0.1, 0.15) is 0 Å². The van der Waals surface area contributed by atoms with Crippen LogP contribution in [-0.4, -0.2) is 0 Å². The Labute approximate surface area is 305 Å². The van der Waals surface area contributed by atoms with Gasteiger partial charge >= 0.3 is 0 Å². The van der Waals surface area contributed by atoms with Crippen LogP contribution in [0.4, 0.5) is 11.4 Å². The maximum atomic E-state index is 6.10. The predicted molar refractivity (Wildman–Crippen MR) is 218 cm³/mol. The fourth-order valence-corrected chi connectivity index (χ4v) is 8.82. The Morgan fingerprint density at radius 1 is 0.480 bits per heavy atom. The summed E-state index contributed by atoms with van der Waals surface area (Å²) in [5, 5.41) is 0. The summed E-state index contributed by atoms with van der Waals surface area (Å²) in [5.74, 6) is 1.67. The summed E-state index contributed by atoms with van der Waals surface area (Å²) in [4.78, 5) is 0. The van der Waals surface area contributed by atoms with E-state index in [1.54, 1.807) is 0 Å². The lowest BCUT2D eigenvalue weighted by Gasteiger charge is -2.42. The number of rotatable bonds is 19. The largest absolute Gasteiger partial charge is 0.399 e. The third-order valence-electron chi connectivity index (χ3n) is 12.0. The summed E-state index contributed by atoms with van der Waals surface area (Å²) in [6.45, 7) is 6.92. The maximum absolute atomic E-state index is 6.10. The van der Waals surface area contributed by atoms with Crippen LogP contribution in [0.5, 0.6) is 0 Å². The standard InChI is InChI=1S/C48H66N2/c1-4-7-10-12-15-46(40-21-29-44(49)30-22-40)38-17-25-42(26-18-38)48(35-33-37(34-36-48)14-9-6-3)43-27-19-39(20-28-43)47(16-13-11-8-5-2)41-23-31-45(50)32-24-41/h17-32,37,46-47H,4-16,33-36,49-50H2,1-3H3. The van der Waals surface area contributed by atoms with E-state index in [-0.39, 0.29) is 5.41 Å². The molecule has 1 aliphatic rings. The Hall–Kier alpha value is -3.52. The number of nitrogens with two attached hydrogens (primary N) is 2. The number of hydrogen-bond acceptors (Lipinski definition) is 2. The van der Waals surface area contributed by atoms with Crippen LogP contribution in [0.1, 0.15) is 175 Å². The molecule has 0 spiro atoms. The van der Waals surface area contributed by atoms with Gasteiger partial charge in [-0.1, -0.05) is 164 Å². The van der Waals surface area contributed by atoms with Crippen molar-refractivity contribution in [1.29, 1.82) is 0 Å². The summed E-state index contributed by atoms with van der Waals surface area (Å²) < 4.78 is 0. The zero-order valence-electron chi connectivity index (χ0n) is 31.6. The fraction of sp³-hybridized carbons (Fsp3) is 0.500. The van der Waals surface area contributed by atoms with Crippen molar-refractivity contribution >= 4 is 11.4 Å². The molecule has 4 aromatic carbocycles. The van der Waals surface area contributed by atoms with Gasteiger partial charge in [-0.05, 0) is 102 Å². The minimum atomic E-state index is 0.0649. The highest BCUT2D eigenvalue weighted by atomic mass is 14.5. The summed E-state index contributed by atoms with van der Waals surface area (Å²) >= 11 is 0. The summed E-state index contributed by atoms with van der Waals surface area (Å²) in [6.07, 6.45) is 21.8. The van der Waals surface area contributed by atoms with Crippen LogP contribution < -0.4 is 11.5 Å². The lowest BCUT2D eigenvalue weighted by atomic mass is 9.62. The van der Waals surface area contributed by atoms with Crippen molar-refractivity contribution in [3.05, 3.63) is 130 Å². The Kier molecular flexibility index (Phi) is 14.5. The second-order valence-corrected chi connectivity index (χ2v) is 15.5. The highest BCUT2D eigenvalue weighted by Gasteiger charge is 2.38. The topological polar surface area (TPSA) is 52.0 Å². The molecule has 2 heteroatoms. The summed E-state index contributed by atoms with van der Waals surface area (Å²) in [6, 6.07) is 37.1. The van der Waals surface area contributed by atoms with Crippen molar-refractivity contribution in [2.45, 2.75) is 147 Å². The van der Waals surface area contributed by atoms with Crippen molar-refractivity contribution in [3.63, 3.8) is 0 Å². The van der Waals surface area contributed by atoms with Crippen LogP contribution in [0, 0.1) is 5.92 Å². The van der Waals surface area contributed by atoms with Crippen molar-refractivity contribution in [2.24, 2.45) is 5.92 Å². The molecule has 0 aromatic heterocycles. The van der Waals surface area contributed by atoms with Gasteiger partial charge in [-0.3, -0.25) is 0 Å². The number of anilines is 2. The molecule has 2 nitrogen and oxygen atoms in total. The molecule has 4 aromatic rings. The molecule has 1 saturated carbocycles. The van der Waals surface area contributed by atoms with E-state index in [9.17, 15) is 0 Å². The number of nitrogen functional groups attached to an aromatic ring is 2. The maximum Gasteiger partial charge on any atom is 0.0314 e. The van der Waals surface area contributed by atoms with Gasteiger partial charge in [-0.15, -0.1) is 0 Å². The van der Waals surface area contributed by atoms with Crippen LogP contribution in [0.2, 0.25) is 0 Å². The fourth-order valence-electron chi connectivity index (χ4n) is 8.82. The second-order valence-electron chi connectivity index (χ2n) is 15.5. The molecule has 0 saturated heterocycles.